The number of thiol groups is 2. The summed E-state index contributed by atoms with van der Waals surface area (Å²) in [5.41, 5.74) is 6.30. The number of carbonyl (C=O) groups is 9. The number of carbonyl (C=O) groups excluding carboxylic acids is 8. The molecule has 62 heavy (non-hydrogen) atoms. The van der Waals surface area contributed by atoms with Crippen molar-refractivity contribution >= 4 is 90.2 Å². The molecule has 8 atom stereocenters. The predicted octanol–water partition coefficient (Wildman–Crippen LogP) is -1.10. The largest absolute Gasteiger partial charge is 0.480 e. The first-order chi connectivity index (χ1) is 29.1. The number of amides is 8. The van der Waals surface area contributed by atoms with Gasteiger partial charge in [0.1, 0.15) is 42.3 Å². The third kappa shape index (κ3) is 21.0. The van der Waals surface area contributed by atoms with Gasteiger partial charge < -0.3 is 53.4 Å². The van der Waals surface area contributed by atoms with Crippen molar-refractivity contribution in [1.82, 2.24) is 42.5 Å². The third-order valence-electron chi connectivity index (χ3n) is 9.06. The molecule has 0 aliphatic rings. The number of hydrogen-bond donors (Lipinski definition) is 12. The van der Waals surface area contributed by atoms with E-state index in [1.54, 1.807) is 30.3 Å². The fourth-order valence-corrected chi connectivity index (χ4v) is 6.67. The maximum atomic E-state index is 13.6. The average molecular weight is 928 g/mol. The Balaban J connectivity index is 2.92. The van der Waals surface area contributed by atoms with Crippen LogP contribution in [0.4, 0.5) is 0 Å². The van der Waals surface area contributed by atoms with E-state index >= 15 is 0 Å². The number of rotatable bonds is 28. The maximum absolute atomic E-state index is 13.6. The Kier molecular flexibility index (Phi) is 25.9. The molecule has 0 aliphatic heterocycles. The van der Waals surface area contributed by atoms with E-state index in [9.17, 15) is 48.3 Å². The van der Waals surface area contributed by atoms with E-state index in [4.69, 9.17) is 5.73 Å². The van der Waals surface area contributed by atoms with Crippen LogP contribution in [0, 0.1) is 11.8 Å². The first kappa shape index (κ1) is 55.5. The van der Waals surface area contributed by atoms with E-state index in [0.29, 0.717) is 11.3 Å². The monoisotopic (exact) mass is 927 g/mol. The van der Waals surface area contributed by atoms with E-state index in [-0.39, 0.29) is 49.0 Å². The number of thioether (sulfide) groups is 1. The minimum absolute atomic E-state index is 0.0120. The lowest BCUT2D eigenvalue weighted by Gasteiger charge is -2.27. The van der Waals surface area contributed by atoms with Crippen molar-refractivity contribution in [2.75, 3.05) is 30.1 Å². The minimum atomic E-state index is -1.27. The number of carboxylic acid groups (broad SMARTS) is 1. The van der Waals surface area contributed by atoms with Crippen LogP contribution < -0.4 is 48.3 Å². The lowest BCUT2D eigenvalue weighted by atomic mass is 10.0. The fraction of sp³-hybridized carbons (Fsp3) is 0.625. The second-order valence-corrected chi connectivity index (χ2v) is 17.3. The quantitative estimate of drug-likeness (QED) is 0.0446. The van der Waals surface area contributed by atoms with Crippen molar-refractivity contribution < 1.29 is 48.3 Å². The molecule has 0 unspecified atom stereocenters. The number of carboxylic acids is 1. The highest BCUT2D eigenvalue weighted by Gasteiger charge is 2.33. The first-order valence-corrected chi connectivity index (χ1v) is 22.9. The number of hydrogen-bond acceptors (Lipinski definition) is 13. The lowest BCUT2D eigenvalue weighted by Crippen LogP contribution is -2.59. The Labute approximate surface area is 378 Å². The molecule has 0 aliphatic carbocycles. The van der Waals surface area contributed by atoms with Crippen LogP contribution in [0.1, 0.15) is 66.4 Å². The van der Waals surface area contributed by atoms with Crippen LogP contribution in [0.2, 0.25) is 0 Å². The molecule has 0 saturated carbocycles. The molecule has 0 saturated heterocycles. The molecule has 1 rings (SSSR count). The Morgan fingerprint density at radius 3 is 1.50 bits per heavy atom. The summed E-state index contributed by atoms with van der Waals surface area (Å²) in [6.07, 6.45) is 2.40. The highest BCUT2D eigenvalue weighted by molar-refractivity contribution is 7.98. The molecule has 8 amide bonds. The van der Waals surface area contributed by atoms with Crippen LogP contribution in [0.25, 0.3) is 0 Å². The number of nitrogens with one attached hydrogen (secondary N) is 8. The SMILES string of the molecule is CSCC[C@H](NC(=O)[C@H](C)N)C(=O)N[C@@H](CS)C(=O)NCC(=O)N[C@@H](C)C(=O)N[C@@H](CC(C)C)C(=O)N[C@@H](CS)C(=O)N[C@@H](CC(C)C)C(=O)N[C@@H](Cc1ccccc1)C(=O)O. The Morgan fingerprint density at radius 1 is 0.597 bits per heavy atom. The summed E-state index contributed by atoms with van der Waals surface area (Å²) < 4.78 is 0. The van der Waals surface area contributed by atoms with Gasteiger partial charge in [0.15, 0.2) is 0 Å². The van der Waals surface area contributed by atoms with Crippen molar-refractivity contribution in [3.63, 3.8) is 0 Å². The number of aliphatic carboxylic acids is 1. The molecule has 0 bridgehead atoms. The second-order valence-electron chi connectivity index (χ2n) is 15.6. The second kappa shape index (κ2) is 28.9. The maximum Gasteiger partial charge on any atom is 0.326 e. The summed E-state index contributed by atoms with van der Waals surface area (Å²) in [6.45, 7) is 9.50. The first-order valence-electron chi connectivity index (χ1n) is 20.3. The van der Waals surface area contributed by atoms with E-state index < -0.39 is 108 Å². The minimum Gasteiger partial charge on any atom is -0.480 e. The van der Waals surface area contributed by atoms with Crippen molar-refractivity contribution in [3.05, 3.63) is 35.9 Å². The van der Waals surface area contributed by atoms with Gasteiger partial charge in [0, 0.05) is 17.9 Å². The van der Waals surface area contributed by atoms with Crippen molar-refractivity contribution in [2.24, 2.45) is 17.6 Å². The standard InChI is InChI=1S/C40H65N9O10S3/c1-21(2)15-27(38(56)49-31(20-61)39(57)46-28(16-22(3)4)37(55)47-29(40(58)59)17-25-11-9-8-10-12-25)45-34(52)24(6)43-32(50)18-42-35(53)30(19-60)48-36(54)26(13-14-62-7)44-33(51)23(5)41/h8-12,21-24,26-31,60-61H,13-20,41H2,1-7H3,(H,42,53)(H,43,50)(H,44,51)(H,45,52)(H,46,57)(H,47,55)(H,48,54)(H,49,56)(H,58,59)/t23-,24-,26-,27-,28-,29-,30-,31-/m0/s1. The van der Waals surface area contributed by atoms with Crippen LogP contribution in [0.5, 0.6) is 0 Å². The van der Waals surface area contributed by atoms with E-state index in [2.05, 4.69) is 67.8 Å². The molecule has 22 heteroatoms. The smallest absolute Gasteiger partial charge is 0.326 e. The Bertz CT molecular complexity index is 1670. The number of nitrogens with two attached hydrogens (primary N) is 1. The van der Waals surface area contributed by atoms with Gasteiger partial charge in [0.25, 0.3) is 0 Å². The van der Waals surface area contributed by atoms with Crippen LogP contribution in [0.3, 0.4) is 0 Å². The molecule has 0 heterocycles. The van der Waals surface area contributed by atoms with Gasteiger partial charge in [-0.15, -0.1) is 0 Å². The summed E-state index contributed by atoms with van der Waals surface area (Å²) in [5, 5.41) is 30.0. The molecule has 11 N–H and O–H groups in total. The molecule has 348 valence electrons. The summed E-state index contributed by atoms with van der Waals surface area (Å²) in [5.74, 6) is -6.92. The van der Waals surface area contributed by atoms with E-state index in [1.165, 1.54) is 25.6 Å². The molecule has 1 aromatic carbocycles. The van der Waals surface area contributed by atoms with E-state index in [1.807, 2.05) is 34.0 Å². The van der Waals surface area contributed by atoms with E-state index in [0.717, 1.165) is 0 Å². The normalized spacial score (nSPS) is 15.0. The predicted molar refractivity (Wildman–Crippen MR) is 243 cm³/mol. The number of benzene rings is 1. The van der Waals surface area contributed by atoms with Crippen molar-refractivity contribution in [1.29, 1.82) is 0 Å². The van der Waals surface area contributed by atoms with Crippen molar-refractivity contribution in [2.45, 2.75) is 116 Å². The van der Waals surface area contributed by atoms with Gasteiger partial charge in [-0.05, 0) is 62.5 Å². The summed E-state index contributed by atoms with van der Waals surface area (Å²) in [6, 6.07) is -0.307. The summed E-state index contributed by atoms with van der Waals surface area (Å²) in [4.78, 5) is 116. The highest BCUT2D eigenvalue weighted by Crippen LogP contribution is 2.10. The lowest BCUT2D eigenvalue weighted by molar-refractivity contribution is -0.142. The highest BCUT2D eigenvalue weighted by atomic mass is 32.2. The van der Waals surface area contributed by atoms with Crippen LogP contribution in [0.15, 0.2) is 30.3 Å². The van der Waals surface area contributed by atoms with Gasteiger partial charge >= 0.3 is 5.97 Å². The van der Waals surface area contributed by atoms with Gasteiger partial charge in [-0.2, -0.15) is 37.0 Å². The van der Waals surface area contributed by atoms with Gasteiger partial charge in [0.05, 0.1) is 12.6 Å². The summed E-state index contributed by atoms with van der Waals surface area (Å²) in [7, 11) is 0. The molecule has 19 nitrogen and oxygen atoms in total. The molecular weight excluding hydrogens is 863 g/mol. The van der Waals surface area contributed by atoms with Gasteiger partial charge in [-0.1, -0.05) is 58.0 Å². The van der Waals surface area contributed by atoms with Gasteiger partial charge in [-0.3, -0.25) is 38.4 Å². The average Bonchev–Trinajstić information content (AvgIpc) is 3.21. The zero-order chi connectivity index (χ0) is 47.1. The van der Waals surface area contributed by atoms with Gasteiger partial charge in [0.2, 0.25) is 47.3 Å². The Morgan fingerprint density at radius 2 is 1.03 bits per heavy atom. The fourth-order valence-electron chi connectivity index (χ4n) is 5.69. The molecular formula is C40H65N9O10S3. The van der Waals surface area contributed by atoms with Crippen LogP contribution in [-0.4, -0.2) is 137 Å². The Hall–Kier alpha value is -4.54. The third-order valence-corrected chi connectivity index (χ3v) is 10.4. The molecule has 0 radical (unpaired) electrons. The van der Waals surface area contributed by atoms with Crippen LogP contribution in [-0.2, 0) is 49.6 Å². The molecule has 0 aromatic heterocycles. The zero-order valence-electron chi connectivity index (χ0n) is 36.3. The van der Waals surface area contributed by atoms with Crippen LogP contribution >= 0.6 is 37.0 Å². The van der Waals surface area contributed by atoms with Gasteiger partial charge in [-0.25, -0.2) is 4.79 Å². The molecule has 1 aromatic rings. The zero-order valence-corrected chi connectivity index (χ0v) is 38.9. The molecule has 0 spiro atoms. The topological polar surface area (TPSA) is 296 Å². The van der Waals surface area contributed by atoms with Crippen molar-refractivity contribution in [3.8, 4) is 0 Å². The summed E-state index contributed by atoms with van der Waals surface area (Å²) >= 11 is 9.83. The molecule has 0 fully saturated rings.